The summed E-state index contributed by atoms with van der Waals surface area (Å²) >= 11 is 1.61. The first-order valence-electron chi connectivity index (χ1n) is 9.77. The first kappa shape index (κ1) is 18.9. The zero-order valence-electron chi connectivity index (χ0n) is 16.0. The van der Waals surface area contributed by atoms with Gasteiger partial charge in [-0.15, -0.1) is 11.8 Å². The standard InChI is InChI=1S/C22H25N3O2S/c1-14-5-6-15-13-20(28-19(15)11-14)22(27)24-17-12-16(21(23)26)7-8-18(17)25-9-3-2-4-10-25/h5-8,11-12,20H,2-4,9-10,13H2,1H3,(H2,23,26)(H,24,27). The highest BCUT2D eigenvalue weighted by molar-refractivity contribution is 8.01. The zero-order valence-corrected chi connectivity index (χ0v) is 16.8. The second kappa shape index (κ2) is 7.87. The fourth-order valence-corrected chi connectivity index (χ4v) is 5.19. The third kappa shape index (κ3) is 3.87. The number of hydrogen-bond acceptors (Lipinski definition) is 4. The van der Waals surface area contributed by atoms with Crippen LogP contribution in [-0.4, -0.2) is 30.2 Å². The molecule has 2 aromatic rings. The largest absolute Gasteiger partial charge is 0.370 e. The van der Waals surface area contributed by atoms with Crippen LogP contribution in [0, 0.1) is 6.92 Å². The summed E-state index contributed by atoms with van der Waals surface area (Å²) in [5.74, 6) is -0.516. The fourth-order valence-electron chi connectivity index (χ4n) is 3.89. The summed E-state index contributed by atoms with van der Waals surface area (Å²) in [6.07, 6.45) is 4.23. The summed E-state index contributed by atoms with van der Waals surface area (Å²) in [5, 5.41) is 2.92. The molecule has 1 atom stereocenters. The Morgan fingerprint density at radius 2 is 1.89 bits per heavy atom. The van der Waals surface area contributed by atoms with Gasteiger partial charge in [-0.2, -0.15) is 0 Å². The molecule has 5 nitrogen and oxygen atoms in total. The second-order valence-corrected chi connectivity index (χ2v) is 8.80. The average molecular weight is 396 g/mol. The number of carbonyl (C=O) groups is 2. The van der Waals surface area contributed by atoms with E-state index in [0.29, 0.717) is 11.3 Å². The van der Waals surface area contributed by atoms with E-state index in [-0.39, 0.29) is 11.2 Å². The summed E-state index contributed by atoms with van der Waals surface area (Å²) in [6.45, 7) is 3.98. The van der Waals surface area contributed by atoms with E-state index in [0.717, 1.165) is 38.0 Å². The third-order valence-electron chi connectivity index (χ3n) is 5.43. The number of hydrogen-bond donors (Lipinski definition) is 2. The number of thioether (sulfide) groups is 1. The zero-order chi connectivity index (χ0) is 19.7. The minimum atomic E-state index is -0.487. The lowest BCUT2D eigenvalue weighted by atomic mass is 10.1. The van der Waals surface area contributed by atoms with Crippen LogP contribution in [0.3, 0.4) is 0 Å². The van der Waals surface area contributed by atoms with Gasteiger partial charge in [0, 0.05) is 23.5 Å². The van der Waals surface area contributed by atoms with Crippen LogP contribution < -0.4 is 16.0 Å². The maximum Gasteiger partial charge on any atom is 0.248 e. The van der Waals surface area contributed by atoms with E-state index in [1.807, 2.05) is 6.07 Å². The van der Waals surface area contributed by atoms with Crippen molar-refractivity contribution in [2.75, 3.05) is 23.3 Å². The number of nitrogens with zero attached hydrogens (tertiary/aromatic N) is 1. The SMILES string of the molecule is Cc1ccc2c(c1)SC(C(=O)Nc1cc(C(N)=O)ccc1N1CCCCC1)C2. The second-order valence-electron chi connectivity index (χ2n) is 7.55. The van der Waals surface area contributed by atoms with Crippen LogP contribution in [0.25, 0.3) is 0 Å². The number of fused-ring (bicyclic) bond motifs is 1. The molecule has 4 rings (SSSR count). The van der Waals surface area contributed by atoms with Gasteiger partial charge in [-0.25, -0.2) is 0 Å². The molecule has 2 aliphatic heterocycles. The minimum absolute atomic E-state index is 0.0290. The molecule has 0 spiro atoms. The van der Waals surface area contributed by atoms with E-state index in [2.05, 4.69) is 35.3 Å². The Labute approximate surface area is 169 Å². The molecule has 2 heterocycles. The molecule has 2 amide bonds. The topological polar surface area (TPSA) is 75.4 Å². The highest BCUT2D eigenvalue weighted by atomic mass is 32.2. The Hall–Kier alpha value is -2.47. The predicted octanol–water partition coefficient (Wildman–Crippen LogP) is 3.74. The molecule has 28 heavy (non-hydrogen) atoms. The van der Waals surface area contributed by atoms with Gasteiger partial charge in [0.15, 0.2) is 0 Å². The van der Waals surface area contributed by atoms with Crippen molar-refractivity contribution in [3.8, 4) is 0 Å². The number of nitrogens with one attached hydrogen (secondary N) is 1. The van der Waals surface area contributed by atoms with E-state index in [1.54, 1.807) is 23.9 Å². The van der Waals surface area contributed by atoms with Gasteiger partial charge >= 0.3 is 0 Å². The van der Waals surface area contributed by atoms with Crippen molar-refractivity contribution in [1.82, 2.24) is 0 Å². The number of piperidine rings is 1. The van der Waals surface area contributed by atoms with Gasteiger partial charge in [0.1, 0.15) is 0 Å². The van der Waals surface area contributed by atoms with Gasteiger partial charge in [0.05, 0.1) is 16.6 Å². The Kier molecular flexibility index (Phi) is 5.31. The smallest absolute Gasteiger partial charge is 0.248 e. The summed E-state index contributed by atoms with van der Waals surface area (Å²) in [7, 11) is 0. The molecular formula is C22H25N3O2S. The highest BCUT2D eigenvalue weighted by Crippen LogP contribution is 2.39. The van der Waals surface area contributed by atoms with Crippen LogP contribution in [-0.2, 0) is 11.2 Å². The molecule has 1 fully saturated rings. The van der Waals surface area contributed by atoms with E-state index in [1.165, 1.54) is 22.4 Å². The Morgan fingerprint density at radius 1 is 1.11 bits per heavy atom. The van der Waals surface area contributed by atoms with Crippen molar-refractivity contribution in [3.63, 3.8) is 0 Å². The molecule has 1 saturated heterocycles. The first-order chi connectivity index (χ1) is 13.5. The quantitative estimate of drug-likeness (QED) is 0.827. The van der Waals surface area contributed by atoms with Crippen LogP contribution in [0.1, 0.15) is 40.7 Å². The lowest BCUT2D eigenvalue weighted by Gasteiger charge is -2.31. The maximum absolute atomic E-state index is 13.0. The van der Waals surface area contributed by atoms with Crippen molar-refractivity contribution in [2.45, 2.75) is 42.8 Å². The van der Waals surface area contributed by atoms with Crippen LogP contribution >= 0.6 is 11.8 Å². The van der Waals surface area contributed by atoms with Crippen LogP contribution in [0.5, 0.6) is 0 Å². The number of amides is 2. The van der Waals surface area contributed by atoms with Gasteiger partial charge in [0.25, 0.3) is 0 Å². The number of benzene rings is 2. The van der Waals surface area contributed by atoms with E-state index in [4.69, 9.17) is 5.73 Å². The lowest BCUT2D eigenvalue weighted by molar-refractivity contribution is -0.115. The number of rotatable bonds is 4. The Morgan fingerprint density at radius 3 is 2.64 bits per heavy atom. The van der Waals surface area contributed by atoms with Crippen molar-refractivity contribution >= 4 is 35.0 Å². The van der Waals surface area contributed by atoms with E-state index < -0.39 is 5.91 Å². The summed E-state index contributed by atoms with van der Waals surface area (Å²) in [5.41, 5.74) is 9.94. The van der Waals surface area contributed by atoms with Gasteiger partial charge in [-0.1, -0.05) is 17.7 Å². The molecule has 0 aliphatic carbocycles. The van der Waals surface area contributed by atoms with Gasteiger partial charge in [0.2, 0.25) is 11.8 Å². The highest BCUT2D eigenvalue weighted by Gasteiger charge is 2.29. The molecule has 0 radical (unpaired) electrons. The number of carbonyl (C=O) groups excluding carboxylic acids is 2. The lowest BCUT2D eigenvalue weighted by Crippen LogP contribution is -2.32. The van der Waals surface area contributed by atoms with Crippen molar-refractivity contribution in [3.05, 3.63) is 53.1 Å². The van der Waals surface area contributed by atoms with Gasteiger partial charge in [-0.3, -0.25) is 9.59 Å². The Balaban J connectivity index is 1.56. The molecule has 6 heteroatoms. The Bertz CT molecular complexity index is 922. The van der Waals surface area contributed by atoms with Crippen LogP contribution in [0.4, 0.5) is 11.4 Å². The van der Waals surface area contributed by atoms with Gasteiger partial charge < -0.3 is 16.0 Å². The van der Waals surface area contributed by atoms with Crippen molar-refractivity contribution in [1.29, 1.82) is 0 Å². The average Bonchev–Trinajstić information content (AvgIpc) is 3.12. The molecule has 2 aromatic carbocycles. The molecular weight excluding hydrogens is 370 g/mol. The normalized spacial score (nSPS) is 18.6. The summed E-state index contributed by atoms with van der Waals surface area (Å²) < 4.78 is 0. The molecule has 0 saturated carbocycles. The van der Waals surface area contributed by atoms with E-state index in [9.17, 15) is 9.59 Å². The summed E-state index contributed by atoms with van der Waals surface area (Å²) in [4.78, 5) is 28.1. The first-order valence-corrected chi connectivity index (χ1v) is 10.6. The van der Waals surface area contributed by atoms with Crippen LogP contribution in [0.2, 0.25) is 0 Å². The van der Waals surface area contributed by atoms with E-state index >= 15 is 0 Å². The molecule has 0 bridgehead atoms. The molecule has 146 valence electrons. The number of anilines is 2. The number of aryl methyl sites for hydroxylation is 1. The van der Waals surface area contributed by atoms with Crippen molar-refractivity contribution in [2.24, 2.45) is 5.73 Å². The van der Waals surface area contributed by atoms with Crippen LogP contribution in [0.15, 0.2) is 41.3 Å². The number of nitrogens with two attached hydrogens (primary N) is 1. The fraction of sp³-hybridized carbons (Fsp3) is 0.364. The monoisotopic (exact) mass is 395 g/mol. The maximum atomic E-state index is 13.0. The molecule has 3 N–H and O–H groups in total. The minimum Gasteiger partial charge on any atom is -0.370 e. The molecule has 2 aliphatic rings. The van der Waals surface area contributed by atoms with Crippen molar-refractivity contribution < 1.29 is 9.59 Å². The number of primary amides is 1. The predicted molar refractivity (Wildman–Crippen MR) is 114 cm³/mol. The third-order valence-corrected chi connectivity index (χ3v) is 6.72. The molecule has 1 unspecified atom stereocenters. The molecule has 0 aromatic heterocycles. The van der Waals surface area contributed by atoms with Gasteiger partial charge in [-0.05, 0) is 62.4 Å². The summed E-state index contributed by atoms with van der Waals surface area (Å²) in [6, 6.07) is 11.7.